The molecule has 0 aromatic heterocycles. The zero-order valence-corrected chi connectivity index (χ0v) is 21.4. The number of hydrazone groups is 1. The Bertz CT molecular complexity index is 1130. The standard InChI is InChI=1S/C27H32FN5O2S/c1-17(2)29-24(34)20-10-13-22-23(14-20)33-26(32(25(22)35)15-18-6-4-3-5-7-18)30-31-27(33)36-16-19-8-11-21(28)12-9-19/h3-9,11-12,17,20,22-23,26,30H,10,13-16H2,1-2H3,(H,29,34). The minimum absolute atomic E-state index is 0.0591. The van der Waals surface area contributed by atoms with Crippen LogP contribution in [0.5, 0.6) is 0 Å². The maximum atomic E-state index is 13.7. The van der Waals surface area contributed by atoms with E-state index in [1.807, 2.05) is 49.1 Å². The molecule has 190 valence electrons. The molecule has 2 aliphatic heterocycles. The summed E-state index contributed by atoms with van der Waals surface area (Å²) in [5.74, 6) is 0.219. The van der Waals surface area contributed by atoms with E-state index in [-0.39, 0.29) is 41.6 Å². The second-order valence-corrected chi connectivity index (χ2v) is 11.0. The molecule has 2 N–H and O–H groups in total. The Kier molecular flexibility index (Phi) is 7.18. The lowest BCUT2D eigenvalue weighted by molar-refractivity contribution is -0.159. The Morgan fingerprint density at radius 3 is 2.61 bits per heavy atom. The number of nitrogens with zero attached hydrogens (tertiary/aromatic N) is 3. The van der Waals surface area contributed by atoms with Crippen LogP contribution in [0.15, 0.2) is 59.7 Å². The average molecular weight is 510 g/mol. The first-order valence-corrected chi connectivity index (χ1v) is 13.5. The van der Waals surface area contributed by atoms with Crippen molar-refractivity contribution >= 4 is 28.7 Å². The molecule has 4 atom stereocenters. The van der Waals surface area contributed by atoms with E-state index in [0.29, 0.717) is 31.6 Å². The SMILES string of the molecule is CC(C)NC(=O)C1CCC2C(=O)N(Cc3ccccc3)C3NN=C(SCc4ccc(F)cc4)N3C2C1. The van der Waals surface area contributed by atoms with Crippen LogP contribution in [0.25, 0.3) is 0 Å². The highest BCUT2D eigenvalue weighted by molar-refractivity contribution is 8.13. The summed E-state index contributed by atoms with van der Waals surface area (Å²) in [6.07, 6.45) is 1.58. The fraction of sp³-hybridized carbons (Fsp3) is 0.444. The van der Waals surface area contributed by atoms with E-state index >= 15 is 0 Å². The fourth-order valence-electron chi connectivity index (χ4n) is 5.38. The molecule has 2 heterocycles. The fourth-order valence-corrected chi connectivity index (χ4v) is 6.37. The molecule has 2 aromatic rings. The van der Waals surface area contributed by atoms with Gasteiger partial charge in [0.1, 0.15) is 5.82 Å². The number of hydrogen-bond acceptors (Lipinski definition) is 6. The number of amides is 2. The lowest BCUT2D eigenvalue weighted by Crippen LogP contribution is -2.67. The average Bonchev–Trinajstić information content (AvgIpc) is 3.30. The minimum Gasteiger partial charge on any atom is -0.354 e. The van der Waals surface area contributed by atoms with Crippen LogP contribution in [0.3, 0.4) is 0 Å². The molecular formula is C27H32FN5O2S. The third-order valence-corrected chi connectivity index (χ3v) is 8.15. The summed E-state index contributed by atoms with van der Waals surface area (Å²) in [6.45, 7) is 4.42. The van der Waals surface area contributed by atoms with Gasteiger partial charge in [0.2, 0.25) is 11.8 Å². The maximum absolute atomic E-state index is 13.7. The van der Waals surface area contributed by atoms with Crippen LogP contribution in [0.1, 0.15) is 44.2 Å². The molecule has 7 nitrogen and oxygen atoms in total. The number of carbonyl (C=O) groups is 2. The van der Waals surface area contributed by atoms with Crippen LogP contribution in [0.2, 0.25) is 0 Å². The van der Waals surface area contributed by atoms with Crippen molar-refractivity contribution in [2.75, 3.05) is 0 Å². The number of hydrogen-bond donors (Lipinski definition) is 2. The highest BCUT2D eigenvalue weighted by Gasteiger charge is 2.53. The number of nitrogens with one attached hydrogen (secondary N) is 2. The van der Waals surface area contributed by atoms with Crippen molar-refractivity contribution < 1.29 is 14.0 Å². The highest BCUT2D eigenvalue weighted by Crippen LogP contribution is 2.41. The molecule has 3 aliphatic rings. The lowest BCUT2D eigenvalue weighted by Gasteiger charge is -2.51. The van der Waals surface area contributed by atoms with Crippen molar-refractivity contribution in [2.24, 2.45) is 16.9 Å². The van der Waals surface area contributed by atoms with E-state index in [2.05, 4.69) is 20.7 Å². The molecule has 36 heavy (non-hydrogen) atoms. The van der Waals surface area contributed by atoms with E-state index in [1.165, 1.54) is 12.1 Å². The predicted octanol–water partition coefficient (Wildman–Crippen LogP) is 3.87. The number of thioether (sulfide) groups is 1. The molecule has 2 amide bonds. The predicted molar refractivity (Wildman–Crippen MR) is 139 cm³/mol. The van der Waals surface area contributed by atoms with Gasteiger partial charge in [-0.05, 0) is 56.4 Å². The van der Waals surface area contributed by atoms with Crippen molar-refractivity contribution in [1.29, 1.82) is 0 Å². The summed E-state index contributed by atoms with van der Waals surface area (Å²) in [4.78, 5) is 30.7. The van der Waals surface area contributed by atoms with Gasteiger partial charge in [-0.1, -0.05) is 54.2 Å². The van der Waals surface area contributed by atoms with Crippen molar-refractivity contribution in [2.45, 2.75) is 63.8 Å². The third kappa shape index (κ3) is 5.07. The third-order valence-electron chi connectivity index (χ3n) is 7.11. The molecule has 2 fully saturated rings. The molecule has 1 saturated heterocycles. The van der Waals surface area contributed by atoms with Crippen LogP contribution in [-0.4, -0.2) is 45.2 Å². The first-order valence-electron chi connectivity index (χ1n) is 12.5. The zero-order valence-electron chi connectivity index (χ0n) is 20.6. The van der Waals surface area contributed by atoms with Crippen molar-refractivity contribution in [1.82, 2.24) is 20.5 Å². The minimum atomic E-state index is -0.401. The quantitative estimate of drug-likeness (QED) is 0.618. The number of fused-ring (bicyclic) bond motifs is 3. The molecule has 0 spiro atoms. The van der Waals surface area contributed by atoms with E-state index in [9.17, 15) is 14.0 Å². The van der Waals surface area contributed by atoms with Crippen LogP contribution in [0.4, 0.5) is 4.39 Å². The summed E-state index contributed by atoms with van der Waals surface area (Å²) < 4.78 is 13.4. The van der Waals surface area contributed by atoms with E-state index in [4.69, 9.17) is 0 Å². The number of benzene rings is 2. The van der Waals surface area contributed by atoms with Gasteiger partial charge in [0.05, 0.1) is 5.92 Å². The Labute approximate surface area is 215 Å². The van der Waals surface area contributed by atoms with Gasteiger partial charge in [-0.2, -0.15) is 5.10 Å². The van der Waals surface area contributed by atoms with Crippen molar-refractivity contribution in [3.63, 3.8) is 0 Å². The Morgan fingerprint density at radius 1 is 1.14 bits per heavy atom. The zero-order chi connectivity index (χ0) is 25.2. The van der Waals surface area contributed by atoms with Gasteiger partial charge < -0.3 is 10.2 Å². The van der Waals surface area contributed by atoms with E-state index in [0.717, 1.165) is 16.3 Å². The van der Waals surface area contributed by atoms with Gasteiger partial charge in [-0.15, -0.1) is 0 Å². The van der Waals surface area contributed by atoms with Crippen LogP contribution in [-0.2, 0) is 21.9 Å². The summed E-state index contributed by atoms with van der Waals surface area (Å²) >= 11 is 1.57. The van der Waals surface area contributed by atoms with Gasteiger partial charge in [-0.3, -0.25) is 19.9 Å². The Balaban J connectivity index is 1.39. The molecule has 1 aliphatic carbocycles. The lowest BCUT2D eigenvalue weighted by atomic mass is 9.75. The topological polar surface area (TPSA) is 77.0 Å². The van der Waals surface area contributed by atoms with Crippen molar-refractivity contribution in [3.05, 3.63) is 71.5 Å². The molecule has 5 rings (SSSR count). The van der Waals surface area contributed by atoms with Crippen LogP contribution >= 0.6 is 11.8 Å². The largest absolute Gasteiger partial charge is 0.354 e. The van der Waals surface area contributed by atoms with Crippen LogP contribution < -0.4 is 10.7 Å². The molecule has 2 aromatic carbocycles. The summed E-state index contributed by atoms with van der Waals surface area (Å²) in [7, 11) is 0. The normalized spacial score (nSPS) is 25.2. The molecular weight excluding hydrogens is 477 g/mol. The van der Waals surface area contributed by atoms with Crippen LogP contribution in [0, 0.1) is 17.7 Å². The number of rotatable bonds is 6. The summed E-state index contributed by atoms with van der Waals surface area (Å²) in [5.41, 5.74) is 5.26. The monoisotopic (exact) mass is 509 g/mol. The highest BCUT2D eigenvalue weighted by atomic mass is 32.2. The van der Waals surface area contributed by atoms with Gasteiger partial charge in [0, 0.05) is 30.3 Å². The van der Waals surface area contributed by atoms with Gasteiger partial charge >= 0.3 is 0 Å². The molecule has 0 bridgehead atoms. The summed E-state index contributed by atoms with van der Waals surface area (Å²) in [6, 6.07) is 16.4. The maximum Gasteiger partial charge on any atom is 0.231 e. The number of amidine groups is 1. The molecule has 1 saturated carbocycles. The Hall–Kier alpha value is -3.07. The van der Waals surface area contributed by atoms with Gasteiger partial charge in [0.15, 0.2) is 11.5 Å². The first kappa shape index (κ1) is 24.6. The molecule has 9 heteroatoms. The van der Waals surface area contributed by atoms with Crippen molar-refractivity contribution in [3.8, 4) is 0 Å². The number of carbonyl (C=O) groups excluding carboxylic acids is 2. The first-order chi connectivity index (χ1) is 17.4. The number of halogens is 1. The molecule has 4 unspecified atom stereocenters. The Morgan fingerprint density at radius 2 is 1.89 bits per heavy atom. The molecule has 0 radical (unpaired) electrons. The van der Waals surface area contributed by atoms with E-state index < -0.39 is 6.29 Å². The van der Waals surface area contributed by atoms with Gasteiger partial charge in [0.25, 0.3) is 0 Å². The van der Waals surface area contributed by atoms with Gasteiger partial charge in [-0.25, -0.2) is 4.39 Å². The smallest absolute Gasteiger partial charge is 0.231 e. The second-order valence-electron chi connectivity index (χ2n) is 10.0. The summed E-state index contributed by atoms with van der Waals surface area (Å²) in [5, 5.41) is 8.48. The van der Waals surface area contributed by atoms with E-state index in [1.54, 1.807) is 23.9 Å². The second kappa shape index (κ2) is 10.5.